The lowest BCUT2D eigenvalue weighted by Crippen LogP contribution is -2.22. The Kier molecular flexibility index (Phi) is 2.97. The van der Waals surface area contributed by atoms with Crippen LogP contribution in [0.4, 0.5) is 5.69 Å². The average Bonchev–Trinajstić information content (AvgIpc) is 2.03. The molecule has 0 radical (unpaired) electrons. The van der Waals surface area contributed by atoms with E-state index >= 15 is 0 Å². The second-order valence-electron chi connectivity index (χ2n) is 3.12. The summed E-state index contributed by atoms with van der Waals surface area (Å²) < 4.78 is 0. The number of likely N-dealkylation sites (N-methyl/N-ethyl adjacent to an activating group) is 1. The molecule has 0 aromatic carbocycles. The molecule has 70 valence electrons. The van der Waals surface area contributed by atoms with Crippen molar-refractivity contribution in [3.8, 4) is 0 Å². The van der Waals surface area contributed by atoms with Crippen LogP contribution in [-0.2, 0) is 0 Å². The number of carbonyl (C=O) groups excluding carboxylic acids is 1. The fourth-order valence-electron chi connectivity index (χ4n) is 1.03. The van der Waals surface area contributed by atoms with Gasteiger partial charge in [0, 0.05) is 11.8 Å². The SMILES string of the molecule is CN(C)CC(=O)c1ccncc1N. The van der Waals surface area contributed by atoms with Crippen molar-refractivity contribution < 1.29 is 4.79 Å². The first kappa shape index (κ1) is 9.67. The highest BCUT2D eigenvalue weighted by Gasteiger charge is 2.09. The van der Waals surface area contributed by atoms with Gasteiger partial charge in [0.15, 0.2) is 5.78 Å². The minimum absolute atomic E-state index is 0.0184. The Morgan fingerprint density at radius 3 is 2.85 bits per heavy atom. The van der Waals surface area contributed by atoms with E-state index in [-0.39, 0.29) is 5.78 Å². The van der Waals surface area contributed by atoms with Gasteiger partial charge in [-0.25, -0.2) is 0 Å². The quantitative estimate of drug-likeness (QED) is 0.683. The largest absolute Gasteiger partial charge is 0.397 e. The highest BCUT2D eigenvalue weighted by molar-refractivity contribution is 6.01. The van der Waals surface area contributed by atoms with Gasteiger partial charge in [0.25, 0.3) is 0 Å². The van der Waals surface area contributed by atoms with Crippen LogP contribution in [0, 0.1) is 0 Å². The molecule has 4 heteroatoms. The first-order valence-corrected chi connectivity index (χ1v) is 3.98. The molecular weight excluding hydrogens is 166 g/mol. The van der Waals surface area contributed by atoms with Gasteiger partial charge in [-0.05, 0) is 20.2 Å². The number of Topliss-reactive ketones (excluding diaryl/α,β-unsaturated/α-hetero) is 1. The van der Waals surface area contributed by atoms with E-state index in [4.69, 9.17) is 5.73 Å². The Balaban J connectivity index is 2.83. The molecule has 0 aliphatic rings. The van der Waals surface area contributed by atoms with Crippen LogP contribution < -0.4 is 5.73 Å². The zero-order valence-electron chi connectivity index (χ0n) is 7.82. The maximum absolute atomic E-state index is 11.5. The summed E-state index contributed by atoms with van der Waals surface area (Å²) in [4.78, 5) is 17.1. The van der Waals surface area contributed by atoms with E-state index in [9.17, 15) is 4.79 Å². The van der Waals surface area contributed by atoms with Gasteiger partial charge in [-0.15, -0.1) is 0 Å². The van der Waals surface area contributed by atoms with Gasteiger partial charge >= 0.3 is 0 Å². The second kappa shape index (κ2) is 4.00. The van der Waals surface area contributed by atoms with Crippen LogP contribution in [0.2, 0.25) is 0 Å². The van der Waals surface area contributed by atoms with Crippen LogP contribution in [0.15, 0.2) is 18.5 Å². The monoisotopic (exact) mass is 179 g/mol. The summed E-state index contributed by atoms with van der Waals surface area (Å²) in [7, 11) is 3.69. The van der Waals surface area contributed by atoms with Crippen LogP contribution in [0.1, 0.15) is 10.4 Å². The number of hydrogen-bond acceptors (Lipinski definition) is 4. The molecule has 2 N–H and O–H groups in total. The molecule has 0 unspecified atom stereocenters. The highest BCUT2D eigenvalue weighted by Crippen LogP contribution is 2.09. The van der Waals surface area contributed by atoms with Crippen molar-refractivity contribution in [2.45, 2.75) is 0 Å². The second-order valence-corrected chi connectivity index (χ2v) is 3.12. The first-order valence-electron chi connectivity index (χ1n) is 3.98. The maximum Gasteiger partial charge on any atom is 0.178 e. The van der Waals surface area contributed by atoms with Gasteiger partial charge in [-0.1, -0.05) is 0 Å². The molecule has 0 aliphatic carbocycles. The molecule has 0 saturated carbocycles. The summed E-state index contributed by atoms with van der Waals surface area (Å²) in [6.07, 6.45) is 3.06. The molecule has 1 rings (SSSR count). The molecule has 0 amide bonds. The first-order chi connectivity index (χ1) is 6.11. The number of pyridine rings is 1. The zero-order valence-corrected chi connectivity index (χ0v) is 7.82. The molecule has 0 spiro atoms. The average molecular weight is 179 g/mol. The smallest absolute Gasteiger partial charge is 0.178 e. The molecule has 4 nitrogen and oxygen atoms in total. The lowest BCUT2D eigenvalue weighted by atomic mass is 10.1. The number of nitrogens with two attached hydrogens (primary N) is 1. The molecule has 0 bridgehead atoms. The van der Waals surface area contributed by atoms with Crippen LogP contribution in [0.5, 0.6) is 0 Å². The Morgan fingerprint density at radius 2 is 2.31 bits per heavy atom. The van der Waals surface area contributed by atoms with Crippen molar-refractivity contribution in [3.63, 3.8) is 0 Å². The van der Waals surface area contributed by atoms with Gasteiger partial charge in [-0.3, -0.25) is 9.78 Å². The summed E-state index contributed by atoms with van der Waals surface area (Å²) >= 11 is 0. The minimum atomic E-state index is 0.0184. The van der Waals surface area contributed by atoms with Crippen molar-refractivity contribution in [1.29, 1.82) is 0 Å². The van der Waals surface area contributed by atoms with E-state index in [0.717, 1.165) is 0 Å². The molecule has 1 aromatic heterocycles. The highest BCUT2D eigenvalue weighted by atomic mass is 16.1. The minimum Gasteiger partial charge on any atom is -0.397 e. The standard InChI is InChI=1S/C9H13N3O/c1-12(2)6-9(13)7-3-4-11-5-8(7)10/h3-5H,6,10H2,1-2H3. The van der Waals surface area contributed by atoms with E-state index in [0.29, 0.717) is 17.8 Å². The van der Waals surface area contributed by atoms with E-state index < -0.39 is 0 Å². The predicted octanol–water partition coefficient (Wildman–Crippen LogP) is 0.408. The molecule has 0 atom stereocenters. The third kappa shape index (κ3) is 2.52. The van der Waals surface area contributed by atoms with Crippen LogP contribution in [0.3, 0.4) is 0 Å². The molecule has 0 saturated heterocycles. The summed E-state index contributed by atoms with van der Waals surface area (Å²) in [6, 6.07) is 1.64. The summed E-state index contributed by atoms with van der Waals surface area (Å²) in [5, 5.41) is 0. The Morgan fingerprint density at radius 1 is 1.62 bits per heavy atom. The summed E-state index contributed by atoms with van der Waals surface area (Å²) in [5.41, 5.74) is 6.58. The molecule has 13 heavy (non-hydrogen) atoms. The van der Waals surface area contributed by atoms with Gasteiger partial charge in [0.05, 0.1) is 18.4 Å². The lowest BCUT2D eigenvalue weighted by Gasteiger charge is -2.09. The molecular formula is C9H13N3O. The maximum atomic E-state index is 11.5. The number of rotatable bonds is 3. The van der Waals surface area contributed by atoms with Crippen molar-refractivity contribution in [1.82, 2.24) is 9.88 Å². The van der Waals surface area contributed by atoms with E-state index in [1.165, 1.54) is 6.20 Å². The van der Waals surface area contributed by atoms with E-state index in [1.54, 1.807) is 12.3 Å². The van der Waals surface area contributed by atoms with Crippen LogP contribution >= 0.6 is 0 Å². The van der Waals surface area contributed by atoms with Crippen LogP contribution in [-0.4, -0.2) is 36.3 Å². The number of aromatic nitrogens is 1. The Labute approximate surface area is 77.4 Å². The third-order valence-corrected chi connectivity index (χ3v) is 1.61. The van der Waals surface area contributed by atoms with Gasteiger partial charge < -0.3 is 10.6 Å². The van der Waals surface area contributed by atoms with Gasteiger partial charge in [-0.2, -0.15) is 0 Å². The summed E-state index contributed by atoms with van der Waals surface area (Å²) in [6.45, 7) is 0.369. The topological polar surface area (TPSA) is 59.2 Å². The van der Waals surface area contributed by atoms with Crippen molar-refractivity contribution in [2.75, 3.05) is 26.4 Å². The number of nitrogen functional groups attached to an aromatic ring is 1. The fraction of sp³-hybridized carbons (Fsp3) is 0.333. The number of anilines is 1. The lowest BCUT2D eigenvalue weighted by molar-refractivity contribution is 0.0958. The fourth-order valence-corrected chi connectivity index (χ4v) is 1.03. The molecule has 0 aliphatic heterocycles. The number of ketones is 1. The molecule has 0 fully saturated rings. The van der Waals surface area contributed by atoms with Crippen molar-refractivity contribution >= 4 is 11.5 Å². The van der Waals surface area contributed by atoms with Crippen LogP contribution in [0.25, 0.3) is 0 Å². The van der Waals surface area contributed by atoms with E-state index in [2.05, 4.69) is 4.98 Å². The van der Waals surface area contributed by atoms with Gasteiger partial charge in [0.2, 0.25) is 0 Å². The predicted molar refractivity (Wildman–Crippen MR) is 51.5 cm³/mol. The summed E-state index contributed by atoms with van der Waals surface area (Å²) in [5.74, 6) is 0.0184. The number of nitrogens with zero attached hydrogens (tertiary/aromatic N) is 2. The molecule has 1 heterocycles. The zero-order chi connectivity index (χ0) is 9.84. The third-order valence-electron chi connectivity index (χ3n) is 1.61. The Bertz CT molecular complexity index is 309. The van der Waals surface area contributed by atoms with Crippen molar-refractivity contribution in [2.24, 2.45) is 0 Å². The van der Waals surface area contributed by atoms with Gasteiger partial charge in [0.1, 0.15) is 0 Å². The number of carbonyl (C=O) groups is 1. The number of hydrogen-bond donors (Lipinski definition) is 1. The molecule has 1 aromatic rings. The normalized spacial score (nSPS) is 10.4. The Hall–Kier alpha value is -1.42. The van der Waals surface area contributed by atoms with E-state index in [1.807, 2.05) is 19.0 Å². The van der Waals surface area contributed by atoms with Crippen molar-refractivity contribution in [3.05, 3.63) is 24.0 Å².